The number of hydrogen-bond acceptors (Lipinski definition) is 3. The molecule has 0 spiro atoms. The third-order valence-corrected chi connectivity index (χ3v) is 4.26. The number of benzene rings is 1. The molecule has 1 amide bonds. The number of halogens is 1. The molecule has 0 saturated carbocycles. The Morgan fingerprint density at radius 1 is 1.35 bits per heavy atom. The van der Waals surface area contributed by atoms with E-state index in [2.05, 4.69) is 10.0 Å². The van der Waals surface area contributed by atoms with Gasteiger partial charge in [0.25, 0.3) is 0 Å². The average Bonchev–Trinajstić information content (AvgIpc) is 2.25. The second-order valence-electron chi connectivity index (χ2n) is 5.68. The summed E-state index contributed by atoms with van der Waals surface area (Å²) in [5.41, 5.74) is 1.02. The van der Waals surface area contributed by atoms with E-state index in [1.807, 2.05) is 20.8 Å². The van der Waals surface area contributed by atoms with E-state index in [0.717, 1.165) is 0 Å². The molecule has 112 valence electrons. The normalized spacial score (nSPS) is 14.8. The lowest BCUT2D eigenvalue weighted by Crippen LogP contribution is -2.40. The first kappa shape index (κ1) is 16.9. The third-order valence-electron chi connectivity index (χ3n) is 2.58. The molecule has 0 radical (unpaired) electrons. The van der Waals surface area contributed by atoms with E-state index in [1.165, 1.54) is 19.1 Å². The minimum Gasteiger partial charge on any atom is -0.598 e. The highest BCUT2D eigenvalue weighted by atomic mass is 32.2. The van der Waals surface area contributed by atoms with E-state index in [0.29, 0.717) is 11.3 Å². The van der Waals surface area contributed by atoms with Gasteiger partial charge in [0.1, 0.15) is 10.6 Å². The van der Waals surface area contributed by atoms with Gasteiger partial charge in [0.15, 0.2) is 0 Å². The van der Waals surface area contributed by atoms with E-state index in [1.54, 1.807) is 13.0 Å². The van der Waals surface area contributed by atoms with E-state index in [4.69, 9.17) is 0 Å². The summed E-state index contributed by atoms with van der Waals surface area (Å²) >= 11 is -1.25. The summed E-state index contributed by atoms with van der Waals surface area (Å²) in [7, 11) is 0. The molecule has 0 aliphatic rings. The Labute approximate surface area is 122 Å². The number of carbonyl (C=O) groups excluding carboxylic acids is 1. The van der Waals surface area contributed by atoms with Crippen LogP contribution in [0.5, 0.6) is 0 Å². The molecule has 1 rings (SSSR count). The lowest BCUT2D eigenvalue weighted by atomic mass is 10.1. The highest BCUT2D eigenvalue weighted by molar-refractivity contribution is 7.90. The zero-order valence-corrected chi connectivity index (χ0v) is 13.2. The molecule has 0 aromatic heterocycles. The Hall–Kier alpha value is -1.11. The minimum absolute atomic E-state index is 0.263. The lowest BCUT2D eigenvalue weighted by Gasteiger charge is -2.26. The lowest BCUT2D eigenvalue weighted by molar-refractivity contribution is -0.114. The van der Waals surface area contributed by atoms with Gasteiger partial charge in [-0.05, 0) is 51.5 Å². The summed E-state index contributed by atoms with van der Waals surface area (Å²) in [5.74, 6) is -0.707. The smallest absolute Gasteiger partial charge is 0.221 e. The fourth-order valence-electron chi connectivity index (χ4n) is 1.54. The second-order valence-corrected chi connectivity index (χ2v) is 7.67. The molecular formula is C14H21FN2O2S. The SMILES string of the molecule is CC(=O)Nc1cc(F)cc([C@H](C)N[S@+]([O-])C(C)(C)C)c1. The Morgan fingerprint density at radius 3 is 2.45 bits per heavy atom. The summed E-state index contributed by atoms with van der Waals surface area (Å²) < 4.78 is 28.1. The maximum Gasteiger partial charge on any atom is 0.221 e. The van der Waals surface area contributed by atoms with Crippen LogP contribution in [0.15, 0.2) is 18.2 Å². The predicted molar refractivity (Wildman–Crippen MR) is 80.1 cm³/mol. The molecule has 0 saturated heterocycles. The van der Waals surface area contributed by atoms with Crippen LogP contribution >= 0.6 is 0 Å². The molecule has 0 bridgehead atoms. The van der Waals surface area contributed by atoms with Gasteiger partial charge in [-0.3, -0.25) is 4.79 Å². The van der Waals surface area contributed by atoms with Crippen LogP contribution in [-0.4, -0.2) is 15.2 Å². The van der Waals surface area contributed by atoms with Crippen LogP contribution in [0.3, 0.4) is 0 Å². The van der Waals surface area contributed by atoms with Crippen molar-refractivity contribution in [2.45, 2.75) is 45.4 Å². The topological polar surface area (TPSA) is 64.2 Å². The number of hydrogen-bond donors (Lipinski definition) is 2. The molecule has 0 aliphatic carbocycles. The zero-order valence-electron chi connectivity index (χ0n) is 12.4. The summed E-state index contributed by atoms with van der Waals surface area (Å²) in [6.45, 7) is 8.74. The fourth-order valence-corrected chi connectivity index (χ4v) is 2.35. The van der Waals surface area contributed by atoms with Gasteiger partial charge in [-0.25, -0.2) is 4.39 Å². The highest BCUT2D eigenvalue weighted by Gasteiger charge is 2.28. The molecule has 2 atom stereocenters. The Morgan fingerprint density at radius 2 is 1.95 bits per heavy atom. The van der Waals surface area contributed by atoms with Crippen molar-refractivity contribution < 1.29 is 13.7 Å². The number of nitrogens with one attached hydrogen (secondary N) is 2. The molecule has 6 heteroatoms. The van der Waals surface area contributed by atoms with Crippen LogP contribution in [0, 0.1) is 5.82 Å². The quantitative estimate of drug-likeness (QED) is 0.840. The second kappa shape index (κ2) is 6.56. The van der Waals surface area contributed by atoms with Crippen LogP contribution in [0.1, 0.15) is 46.2 Å². The van der Waals surface area contributed by atoms with Gasteiger partial charge in [-0.2, -0.15) is 0 Å². The Kier molecular flexibility index (Phi) is 5.56. The number of carbonyl (C=O) groups is 1. The van der Waals surface area contributed by atoms with Crippen LogP contribution < -0.4 is 10.0 Å². The number of amides is 1. The van der Waals surface area contributed by atoms with Crippen LogP contribution in [0.4, 0.5) is 10.1 Å². The van der Waals surface area contributed by atoms with E-state index >= 15 is 0 Å². The van der Waals surface area contributed by atoms with Crippen molar-refractivity contribution in [2.24, 2.45) is 0 Å². The largest absolute Gasteiger partial charge is 0.598 e. The maximum absolute atomic E-state index is 13.6. The summed E-state index contributed by atoms with van der Waals surface area (Å²) in [4.78, 5) is 11.0. The molecule has 0 fully saturated rings. The fraction of sp³-hybridized carbons (Fsp3) is 0.500. The van der Waals surface area contributed by atoms with Crippen molar-refractivity contribution in [3.63, 3.8) is 0 Å². The van der Waals surface area contributed by atoms with Gasteiger partial charge in [0.2, 0.25) is 5.91 Å². The Bertz CT molecular complexity index is 489. The van der Waals surface area contributed by atoms with Gasteiger partial charge < -0.3 is 9.87 Å². The van der Waals surface area contributed by atoms with Crippen LogP contribution in [0.25, 0.3) is 0 Å². The van der Waals surface area contributed by atoms with Crippen molar-refractivity contribution in [2.75, 3.05) is 5.32 Å². The third kappa shape index (κ3) is 5.11. The zero-order chi connectivity index (χ0) is 15.5. The highest BCUT2D eigenvalue weighted by Crippen LogP contribution is 2.23. The van der Waals surface area contributed by atoms with Crippen molar-refractivity contribution in [3.05, 3.63) is 29.6 Å². The van der Waals surface area contributed by atoms with Gasteiger partial charge in [-0.15, -0.1) is 4.72 Å². The van der Waals surface area contributed by atoms with E-state index in [9.17, 15) is 13.7 Å². The first-order valence-electron chi connectivity index (χ1n) is 6.35. The monoisotopic (exact) mass is 300 g/mol. The van der Waals surface area contributed by atoms with E-state index < -0.39 is 21.9 Å². The molecule has 0 heterocycles. The van der Waals surface area contributed by atoms with Crippen molar-refractivity contribution in [1.82, 2.24) is 4.72 Å². The van der Waals surface area contributed by atoms with E-state index in [-0.39, 0.29) is 11.9 Å². The number of anilines is 1. The maximum atomic E-state index is 13.6. The molecule has 4 nitrogen and oxygen atoms in total. The molecule has 20 heavy (non-hydrogen) atoms. The first-order chi connectivity index (χ1) is 9.09. The molecular weight excluding hydrogens is 279 g/mol. The van der Waals surface area contributed by atoms with Gasteiger partial charge in [-0.1, -0.05) is 0 Å². The molecule has 0 aliphatic heterocycles. The standard InChI is InChI=1S/C14H21FN2O2S/c1-9(17-20(19)14(3,4)5)11-6-12(15)8-13(7-11)16-10(2)18/h6-9,17H,1-5H3,(H,16,18)/t9-,20+/m0/s1. The first-order valence-corrected chi connectivity index (χ1v) is 7.50. The molecule has 0 unspecified atom stereocenters. The van der Waals surface area contributed by atoms with Gasteiger partial charge in [0.05, 0.1) is 6.04 Å². The van der Waals surface area contributed by atoms with Gasteiger partial charge in [0, 0.05) is 24.0 Å². The van der Waals surface area contributed by atoms with Crippen LogP contribution in [-0.2, 0) is 16.2 Å². The predicted octanol–water partition coefficient (Wildman–Crippen LogP) is 2.90. The van der Waals surface area contributed by atoms with Crippen molar-refractivity contribution in [3.8, 4) is 0 Å². The van der Waals surface area contributed by atoms with Crippen molar-refractivity contribution >= 4 is 23.0 Å². The summed E-state index contributed by atoms with van der Waals surface area (Å²) in [5, 5.41) is 2.54. The average molecular weight is 300 g/mol. The number of rotatable bonds is 4. The van der Waals surface area contributed by atoms with Crippen molar-refractivity contribution in [1.29, 1.82) is 0 Å². The summed E-state index contributed by atoms with van der Waals surface area (Å²) in [6, 6.07) is 3.99. The molecule has 1 aromatic rings. The molecule has 1 aromatic carbocycles. The summed E-state index contributed by atoms with van der Waals surface area (Å²) in [6.07, 6.45) is 0. The minimum atomic E-state index is -1.25. The Balaban J connectivity index is 2.90. The molecule has 2 N–H and O–H groups in total. The van der Waals surface area contributed by atoms with Crippen LogP contribution in [0.2, 0.25) is 0 Å². The van der Waals surface area contributed by atoms with Gasteiger partial charge >= 0.3 is 0 Å².